The molecule has 544 valence electrons. The second-order valence-electron chi connectivity index (χ2n) is 24.4. The maximum absolute atomic E-state index is 15.2. The van der Waals surface area contributed by atoms with Gasteiger partial charge in [-0.15, -0.1) is 0 Å². The highest BCUT2D eigenvalue weighted by Crippen LogP contribution is 2.64. The summed E-state index contributed by atoms with van der Waals surface area (Å²) in [6.07, 6.45) is 13.6. The Balaban J connectivity index is 4.34. The molecule has 0 radical (unpaired) electrons. The topological polar surface area (TPSA) is 9.23 Å². The zero-order chi connectivity index (χ0) is 69.8. The Morgan fingerprint density at radius 2 is 0.407 bits per heavy atom. The van der Waals surface area contributed by atoms with Crippen molar-refractivity contribution in [2.24, 2.45) is 11.8 Å². The predicted octanol–water partition coefficient (Wildman–Crippen LogP) is 27.2. The zero-order valence-electron chi connectivity index (χ0n) is 52.8. The van der Waals surface area contributed by atoms with E-state index in [0.717, 1.165) is 116 Å². The summed E-state index contributed by atoms with van der Waals surface area (Å²) in [6, 6.07) is 0. The van der Waals surface area contributed by atoms with Crippen molar-refractivity contribution < 1.29 is 119 Å². The summed E-state index contributed by atoms with van der Waals surface area (Å²) >= 11 is 0. The molecule has 0 N–H and O–H groups in total. The van der Waals surface area contributed by atoms with Crippen LogP contribution < -0.4 is 0 Å². The lowest BCUT2D eigenvalue weighted by Gasteiger charge is -2.42. The van der Waals surface area contributed by atoms with Gasteiger partial charge in [0.15, 0.2) is 0 Å². The smallest absolute Gasteiger partial charge is 0.381 e. The number of halogens is 26. The number of hydrogen-bond donors (Lipinski definition) is 0. The van der Waals surface area contributed by atoms with Crippen molar-refractivity contribution in [1.82, 2.24) is 0 Å². The lowest BCUT2D eigenvalue weighted by molar-refractivity contribution is -0.443. The van der Waals surface area contributed by atoms with Gasteiger partial charge in [0.05, 0.1) is 0 Å². The summed E-state index contributed by atoms with van der Waals surface area (Å²) in [6.45, 7) is 5.10. The van der Waals surface area contributed by atoms with E-state index in [2.05, 4.69) is 0 Å². The Kier molecular flexibility index (Phi) is 41.2. The van der Waals surface area contributed by atoms with Gasteiger partial charge in [0.1, 0.15) is 0 Å². The lowest BCUT2D eigenvalue weighted by atomic mass is 9.82. The van der Waals surface area contributed by atoms with Crippen LogP contribution in [-0.4, -0.2) is 84.8 Å². The molecular formula is C64H100F26O. The number of rotatable bonds is 58. The first-order valence-electron chi connectivity index (χ1n) is 32.9. The highest BCUT2D eigenvalue weighted by molar-refractivity contribution is 5.13. The van der Waals surface area contributed by atoms with E-state index in [-0.39, 0.29) is 51.4 Å². The summed E-state index contributed by atoms with van der Waals surface area (Å²) in [5.41, 5.74) is 0. The Bertz CT molecular complexity index is 1760. The van der Waals surface area contributed by atoms with Crippen LogP contribution in [0.1, 0.15) is 284 Å². The van der Waals surface area contributed by atoms with Gasteiger partial charge >= 0.3 is 71.6 Å². The number of ether oxygens (including phenoxy) is 1. The van der Waals surface area contributed by atoms with Crippen molar-refractivity contribution in [3.63, 3.8) is 0 Å². The Labute approximate surface area is 522 Å². The van der Waals surface area contributed by atoms with Crippen LogP contribution in [0.25, 0.3) is 0 Å². The van der Waals surface area contributed by atoms with E-state index in [9.17, 15) is 96.6 Å². The second kappa shape index (κ2) is 42.3. The van der Waals surface area contributed by atoms with Crippen molar-refractivity contribution in [3.8, 4) is 0 Å². The lowest BCUT2D eigenvalue weighted by Crippen LogP contribution is -2.71. The average molecular weight is 1380 g/mol. The van der Waals surface area contributed by atoms with Crippen molar-refractivity contribution in [1.29, 1.82) is 0 Å². The SMILES string of the molecule is CCCCCCCCC(CCCCCCC/C=C\CCCCCCCCOCCCCCCCC/C=C\CCCCCCCC(CCCCCCCC)C(F)(F)C(F)(F)C(F)(F)C(F)(F)C(F)(F)C(F)(F)F)C(F)(F)C(F)(F)C(F)(F)C(F)(F)C(F)(F)C(F)(F)F. The average Bonchev–Trinajstić information content (AvgIpc) is 0.720. The van der Waals surface area contributed by atoms with Crippen molar-refractivity contribution in [3.05, 3.63) is 24.3 Å². The van der Waals surface area contributed by atoms with E-state index in [1.165, 1.54) is 0 Å². The summed E-state index contributed by atoms with van der Waals surface area (Å²) in [5, 5.41) is 0. The summed E-state index contributed by atoms with van der Waals surface area (Å²) in [7, 11) is 0. The number of alkyl halides is 26. The maximum atomic E-state index is 15.2. The maximum Gasteiger partial charge on any atom is 0.460 e. The fraction of sp³-hybridized carbons (Fsp3) is 0.938. The molecule has 1 nitrogen and oxygen atoms in total. The molecule has 27 heteroatoms. The molecule has 0 amide bonds. The summed E-state index contributed by atoms with van der Waals surface area (Å²) < 4.78 is 367. The molecule has 0 fully saturated rings. The van der Waals surface area contributed by atoms with Crippen LogP contribution in [0.4, 0.5) is 114 Å². The minimum absolute atomic E-state index is 0.168. The molecule has 0 aliphatic rings. The molecule has 0 saturated heterocycles. The standard InChI is InChI=1S/C64H100F26O/c1-3-5-7-9-33-39-45-51(53(65,66)55(69,70)57(73,74)59(77,78)61(81,82)63(85,86)87)47-41-35-29-25-21-17-13-11-15-19-23-27-31-37-43-49-91-50-44-38-32-28-24-20-16-12-14-18-22-26-30-36-42-48-52(46-40-34-10-8-6-4-2)54(67,68)56(71,72)58(75,76)60(79,80)62(83,84)64(88,89)90/h11-14,51-52H,3-10,15-50H2,1-2H3/b13-11-,14-12-. The fourth-order valence-electron chi connectivity index (χ4n) is 10.7. The quantitative estimate of drug-likeness (QED) is 0.0335. The van der Waals surface area contributed by atoms with Crippen LogP contribution in [-0.2, 0) is 4.74 Å². The van der Waals surface area contributed by atoms with E-state index in [4.69, 9.17) is 4.74 Å². The zero-order valence-corrected chi connectivity index (χ0v) is 52.8. The van der Waals surface area contributed by atoms with Gasteiger partial charge in [-0.2, -0.15) is 114 Å². The van der Waals surface area contributed by atoms with Gasteiger partial charge in [0, 0.05) is 25.0 Å². The monoisotopic (exact) mass is 1380 g/mol. The van der Waals surface area contributed by atoms with Crippen molar-refractivity contribution in [2.75, 3.05) is 13.2 Å². The molecule has 0 saturated carbocycles. The van der Waals surface area contributed by atoms with Crippen molar-refractivity contribution in [2.45, 2.75) is 355 Å². The largest absolute Gasteiger partial charge is 0.460 e. The fourth-order valence-corrected chi connectivity index (χ4v) is 10.7. The van der Waals surface area contributed by atoms with E-state index in [1.807, 2.05) is 38.2 Å². The van der Waals surface area contributed by atoms with Crippen LogP contribution in [0, 0.1) is 11.8 Å². The third-order valence-corrected chi connectivity index (χ3v) is 16.8. The molecule has 0 aromatic rings. The van der Waals surface area contributed by atoms with Gasteiger partial charge in [0.2, 0.25) is 0 Å². The van der Waals surface area contributed by atoms with E-state index in [1.54, 1.807) is 0 Å². The third-order valence-electron chi connectivity index (χ3n) is 16.8. The molecule has 2 atom stereocenters. The minimum atomic E-state index is -7.90. The molecule has 0 rings (SSSR count). The van der Waals surface area contributed by atoms with Crippen LogP contribution >= 0.6 is 0 Å². The van der Waals surface area contributed by atoms with Gasteiger partial charge < -0.3 is 4.74 Å². The number of unbranched alkanes of at least 4 members (excludes halogenated alkanes) is 32. The molecule has 0 aliphatic heterocycles. The summed E-state index contributed by atoms with van der Waals surface area (Å²) in [5.74, 6) is -78.8. The number of allylic oxidation sites excluding steroid dienone is 4. The molecule has 0 bridgehead atoms. The highest BCUT2D eigenvalue weighted by atomic mass is 19.4. The first kappa shape index (κ1) is 88.6. The second-order valence-corrected chi connectivity index (χ2v) is 24.4. The molecule has 0 heterocycles. The molecule has 91 heavy (non-hydrogen) atoms. The van der Waals surface area contributed by atoms with E-state index in [0.29, 0.717) is 90.3 Å². The van der Waals surface area contributed by atoms with Gasteiger partial charge in [-0.25, -0.2) is 0 Å². The Morgan fingerprint density at radius 3 is 0.626 bits per heavy atom. The van der Waals surface area contributed by atoms with Gasteiger partial charge in [-0.1, -0.05) is 218 Å². The normalized spacial score (nSPS) is 15.1. The van der Waals surface area contributed by atoms with Gasteiger partial charge in [-0.3, -0.25) is 0 Å². The van der Waals surface area contributed by atoms with Crippen LogP contribution in [0.5, 0.6) is 0 Å². The molecule has 0 aromatic carbocycles. The first-order valence-corrected chi connectivity index (χ1v) is 32.9. The Hall–Kier alpha value is -2.38. The van der Waals surface area contributed by atoms with Crippen LogP contribution in [0.3, 0.4) is 0 Å². The molecule has 2 unspecified atom stereocenters. The first-order chi connectivity index (χ1) is 42.1. The van der Waals surface area contributed by atoms with Crippen LogP contribution in [0.2, 0.25) is 0 Å². The van der Waals surface area contributed by atoms with E-state index < -0.39 is 109 Å². The minimum Gasteiger partial charge on any atom is -0.381 e. The summed E-state index contributed by atoms with van der Waals surface area (Å²) in [4.78, 5) is 0. The third kappa shape index (κ3) is 27.2. The molecule has 0 aliphatic carbocycles. The molecular weight excluding hydrogens is 1280 g/mol. The molecule has 0 spiro atoms. The van der Waals surface area contributed by atoms with Crippen LogP contribution in [0.15, 0.2) is 24.3 Å². The predicted molar refractivity (Wildman–Crippen MR) is 303 cm³/mol. The highest BCUT2D eigenvalue weighted by Gasteiger charge is 2.92. The van der Waals surface area contributed by atoms with Crippen molar-refractivity contribution >= 4 is 0 Å². The Morgan fingerprint density at radius 1 is 0.220 bits per heavy atom. The number of hydrogen-bond acceptors (Lipinski definition) is 1. The molecule has 0 aromatic heterocycles. The van der Waals surface area contributed by atoms with Gasteiger partial charge in [0.25, 0.3) is 0 Å². The van der Waals surface area contributed by atoms with E-state index >= 15 is 17.6 Å². The van der Waals surface area contributed by atoms with Gasteiger partial charge in [-0.05, 0) is 89.9 Å².